The van der Waals surface area contributed by atoms with Crippen molar-refractivity contribution in [3.63, 3.8) is 0 Å². The fourth-order valence-corrected chi connectivity index (χ4v) is 1.94. The highest BCUT2D eigenvalue weighted by Crippen LogP contribution is 2.04. The van der Waals surface area contributed by atoms with Gasteiger partial charge in [0.15, 0.2) is 5.96 Å². The van der Waals surface area contributed by atoms with E-state index in [0.717, 1.165) is 5.56 Å². The van der Waals surface area contributed by atoms with Crippen LogP contribution >= 0.6 is 24.0 Å². The van der Waals surface area contributed by atoms with E-state index in [9.17, 15) is 4.79 Å². The van der Waals surface area contributed by atoms with Gasteiger partial charge in [-0.2, -0.15) is 0 Å². The highest BCUT2D eigenvalue weighted by atomic mass is 127. The van der Waals surface area contributed by atoms with Crippen molar-refractivity contribution >= 4 is 35.8 Å². The maximum absolute atomic E-state index is 12.3. The van der Waals surface area contributed by atoms with Gasteiger partial charge in [0, 0.05) is 33.8 Å². The van der Waals surface area contributed by atoms with Crippen molar-refractivity contribution < 1.29 is 9.53 Å². The molecule has 0 saturated carbocycles. The molecule has 1 amide bonds. The molecule has 0 bridgehead atoms. The van der Waals surface area contributed by atoms with Gasteiger partial charge in [0.1, 0.15) is 0 Å². The van der Waals surface area contributed by atoms with Crippen LogP contribution in [0.3, 0.4) is 0 Å². The first-order valence-electron chi connectivity index (χ1n) is 7.46. The van der Waals surface area contributed by atoms with Crippen molar-refractivity contribution in [3.8, 4) is 0 Å². The Bertz CT molecular complexity index is 468. The van der Waals surface area contributed by atoms with E-state index in [4.69, 9.17) is 4.74 Å². The third kappa shape index (κ3) is 8.75. The van der Waals surface area contributed by atoms with Crippen LogP contribution in [0.25, 0.3) is 0 Å². The molecule has 0 aliphatic heterocycles. The number of amides is 1. The fourth-order valence-electron chi connectivity index (χ4n) is 1.94. The summed E-state index contributed by atoms with van der Waals surface area (Å²) < 4.78 is 4.96. The number of ether oxygens (including phenoxy) is 1. The van der Waals surface area contributed by atoms with Gasteiger partial charge in [0.05, 0.1) is 13.2 Å². The van der Waals surface area contributed by atoms with Crippen molar-refractivity contribution in [2.45, 2.75) is 13.5 Å². The van der Waals surface area contributed by atoms with E-state index in [2.05, 4.69) is 15.6 Å². The molecule has 0 fully saturated rings. The second-order valence-corrected chi connectivity index (χ2v) is 4.74. The van der Waals surface area contributed by atoms with Crippen LogP contribution in [-0.2, 0) is 16.1 Å². The molecule has 0 unspecified atom stereocenters. The predicted octanol–water partition coefficient (Wildman–Crippen LogP) is 1.46. The molecule has 0 heterocycles. The number of hydrogen-bond donors (Lipinski definition) is 2. The molecule has 6 nitrogen and oxygen atoms in total. The highest BCUT2D eigenvalue weighted by molar-refractivity contribution is 14.0. The Labute approximate surface area is 155 Å². The lowest BCUT2D eigenvalue weighted by molar-refractivity contribution is -0.130. The number of nitrogens with zero attached hydrogens (tertiary/aromatic N) is 2. The van der Waals surface area contributed by atoms with E-state index in [1.807, 2.05) is 42.2 Å². The molecule has 23 heavy (non-hydrogen) atoms. The lowest BCUT2D eigenvalue weighted by atomic mass is 10.2. The molecule has 0 aliphatic rings. The summed E-state index contributed by atoms with van der Waals surface area (Å²) >= 11 is 0. The quantitative estimate of drug-likeness (QED) is 0.282. The van der Waals surface area contributed by atoms with E-state index in [0.29, 0.717) is 32.2 Å². The Kier molecular flexibility index (Phi) is 12.4. The summed E-state index contributed by atoms with van der Waals surface area (Å²) in [4.78, 5) is 18.2. The minimum absolute atomic E-state index is 0. The zero-order valence-electron chi connectivity index (χ0n) is 14.0. The van der Waals surface area contributed by atoms with E-state index in [1.54, 1.807) is 14.2 Å². The molecule has 0 atom stereocenters. The van der Waals surface area contributed by atoms with Crippen LogP contribution in [0.15, 0.2) is 35.3 Å². The maximum Gasteiger partial charge on any atom is 0.242 e. The number of rotatable bonds is 8. The van der Waals surface area contributed by atoms with Gasteiger partial charge >= 0.3 is 0 Å². The summed E-state index contributed by atoms with van der Waals surface area (Å²) in [7, 11) is 3.32. The number of likely N-dealkylation sites (N-methyl/N-ethyl adjacent to an activating group) is 1. The monoisotopic (exact) mass is 434 g/mol. The third-order valence-electron chi connectivity index (χ3n) is 3.18. The SMILES string of the molecule is CCN(Cc1ccccc1)C(=O)CNC(=NC)NCCOC.I. The zero-order chi connectivity index (χ0) is 16.2. The summed E-state index contributed by atoms with van der Waals surface area (Å²) in [5.74, 6) is 0.641. The number of halogens is 1. The molecule has 0 radical (unpaired) electrons. The van der Waals surface area contributed by atoms with Crippen LogP contribution in [0.4, 0.5) is 0 Å². The van der Waals surface area contributed by atoms with Crippen molar-refractivity contribution in [2.24, 2.45) is 4.99 Å². The van der Waals surface area contributed by atoms with Gasteiger partial charge in [0.2, 0.25) is 5.91 Å². The van der Waals surface area contributed by atoms with Gasteiger partial charge in [-0.3, -0.25) is 9.79 Å². The average molecular weight is 434 g/mol. The number of hydrogen-bond acceptors (Lipinski definition) is 3. The van der Waals surface area contributed by atoms with Gasteiger partial charge in [-0.15, -0.1) is 24.0 Å². The van der Waals surface area contributed by atoms with Crippen molar-refractivity contribution in [1.82, 2.24) is 15.5 Å². The van der Waals surface area contributed by atoms with E-state index >= 15 is 0 Å². The number of nitrogens with one attached hydrogen (secondary N) is 2. The largest absolute Gasteiger partial charge is 0.383 e. The minimum atomic E-state index is 0. The molecule has 1 rings (SSSR count). The summed E-state index contributed by atoms with van der Waals surface area (Å²) in [5.41, 5.74) is 1.13. The van der Waals surface area contributed by atoms with Crippen LogP contribution in [0, 0.1) is 0 Å². The lowest BCUT2D eigenvalue weighted by Gasteiger charge is -2.22. The van der Waals surface area contributed by atoms with Crippen LogP contribution in [-0.4, -0.2) is 57.2 Å². The topological polar surface area (TPSA) is 66.0 Å². The second-order valence-electron chi connectivity index (χ2n) is 4.74. The Balaban J connectivity index is 0.00000484. The molecule has 0 saturated heterocycles. The van der Waals surface area contributed by atoms with Gasteiger partial charge in [-0.05, 0) is 12.5 Å². The average Bonchev–Trinajstić information content (AvgIpc) is 2.56. The molecule has 2 N–H and O–H groups in total. The highest BCUT2D eigenvalue weighted by Gasteiger charge is 2.12. The number of guanidine groups is 1. The molecule has 0 aliphatic carbocycles. The Morgan fingerprint density at radius 1 is 1.26 bits per heavy atom. The predicted molar refractivity (Wildman–Crippen MR) is 104 cm³/mol. The number of carbonyl (C=O) groups excluding carboxylic acids is 1. The Morgan fingerprint density at radius 2 is 1.96 bits per heavy atom. The van der Waals surface area contributed by atoms with E-state index < -0.39 is 0 Å². The van der Waals surface area contributed by atoms with Crippen LogP contribution < -0.4 is 10.6 Å². The third-order valence-corrected chi connectivity index (χ3v) is 3.18. The first-order valence-corrected chi connectivity index (χ1v) is 7.46. The Hall–Kier alpha value is -1.35. The first-order chi connectivity index (χ1) is 10.7. The number of aliphatic imine (C=N–C) groups is 1. The molecule has 1 aromatic rings. The van der Waals surface area contributed by atoms with Crippen LogP contribution in [0.2, 0.25) is 0 Å². The standard InChI is InChI=1S/C16H26N4O2.HI/c1-4-20(13-14-8-6-5-7-9-14)15(21)12-19-16(17-2)18-10-11-22-3;/h5-9H,4,10-13H2,1-3H3,(H2,17,18,19);1H. The van der Waals surface area contributed by atoms with Gasteiger partial charge in [-0.1, -0.05) is 30.3 Å². The second kappa shape index (κ2) is 13.1. The van der Waals surface area contributed by atoms with Crippen molar-refractivity contribution in [3.05, 3.63) is 35.9 Å². The number of benzene rings is 1. The summed E-state index contributed by atoms with van der Waals surface area (Å²) in [5, 5.41) is 6.10. The first kappa shape index (κ1) is 21.6. The smallest absolute Gasteiger partial charge is 0.242 e. The van der Waals surface area contributed by atoms with E-state index in [1.165, 1.54) is 0 Å². The maximum atomic E-state index is 12.3. The molecule has 7 heteroatoms. The number of methoxy groups -OCH3 is 1. The van der Waals surface area contributed by atoms with Gasteiger partial charge in [-0.25, -0.2) is 0 Å². The minimum Gasteiger partial charge on any atom is -0.383 e. The molecular formula is C16H27IN4O2. The molecule has 0 aromatic heterocycles. The number of carbonyl (C=O) groups is 1. The summed E-state index contributed by atoms with van der Waals surface area (Å²) in [6.45, 7) is 4.72. The van der Waals surface area contributed by atoms with Gasteiger partial charge < -0.3 is 20.3 Å². The van der Waals surface area contributed by atoms with Crippen molar-refractivity contribution in [1.29, 1.82) is 0 Å². The van der Waals surface area contributed by atoms with Gasteiger partial charge in [0.25, 0.3) is 0 Å². The molecular weight excluding hydrogens is 407 g/mol. The molecule has 1 aromatic carbocycles. The van der Waals surface area contributed by atoms with Crippen LogP contribution in [0.5, 0.6) is 0 Å². The fraction of sp³-hybridized carbons (Fsp3) is 0.500. The lowest BCUT2D eigenvalue weighted by Crippen LogP contribution is -2.45. The molecule has 130 valence electrons. The Morgan fingerprint density at radius 3 is 2.52 bits per heavy atom. The van der Waals surface area contributed by atoms with Crippen molar-refractivity contribution in [2.75, 3.05) is 40.4 Å². The summed E-state index contributed by atoms with van der Waals surface area (Å²) in [6, 6.07) is 9.98. The normalized spacial score (nSPS) is 10.7. The van der Waals surface area contributed by atoms with E-state index in [-0.39, 0.29) is 36.4 Å². The molecule has 0 spiro atoms. The zero-order valence-corrected chi connectivity index (χ0v) is 16.4. The summed E-state index contributed by atoms with van der Waals surface area (Å²) in [6.07, 6.45) is 0. The van der Waals surface area contributed by atoms with Crippen LogP contribution in [0.1, 0.15) is 12.5 Å².